The lowest BCUT2D eigenvalue weighted by Gasteiger charge is -2.31. The lowest BCUT2D eigenvalue weighted by molar-refractivity contribution is -0.118. The Hall–Kier alpha value is -3.96. The van der Waals surface area contributed by atoms with E-state index in [9.17, 15) is 9.59 Å². The summed E-state index contributed by atoms with van der Waals surface area (Å²) in [6.07, 6.45) is 4.41. The number of carbonyl (C=O) groups excluding carboxylic acids is 2. The summed E-state index contributed by atoms with van der Waals surface area (Å²) < 4.78 is 11.3. The molecule has 9 nitrogen and oxygen atoms in total. The van der Waals surface area contributed by atoms with E-state index in [2.05, 4.69) is 25.9 Å². The maximum atomic E-state index is 13.8. The minimum atomic E-state index is -0.873. The number of aryl methyl sites for hydroxylation is 1. The Bertz CT molecular complexity index is 1530. The number of halogens is 1. The average molecular weight is 660 g/mol. The molecule has 0 bridgehead atoms. The molecule has 1 fully saturated rings. The van der Waals surface area contributed by atoms with E-state index in [1.54, 1.807) is 30.2 Å². The molecule has 0 aliphatic carbocycles. The zero-order chi connectivity index (χ0) is 32.1. The van der Waals surface area contributed by atoms with E-state index in [0.29, 0.717) is 30.0 Å². The number of pyridine rings is 2. The molecule has 3 atom stereocenters. The molecule has 2 amide bonds. The predicted octanol–water partition coefficient (Wildman–Crippen LogP) is 6.10. The number of hydrogen-bond donors (Lipinski definition) is 3. The predicted molar refractivity (Wildman–Crippen MR) is 181 cm³/mol. The monoisotopic (exact) mass is 659 g/mol. The molecular weight excluding hydrogens is 622 g/mol. The fourth-order valence-corrected chi connectivity index (χ4v) is 6.63. The van der Waals surface area contributed by atoms with Crippen LogP contribution in [0.3, 0.4) is 0 Å². The van der Waals surface area contributed by atoms with Gasteiger partial charge in [0.05, 0.1) is 35.7 Å². The molecule has 0 unspecified atom stereocenters. The third-order valence-electron chi connectivity index (χ3n) is 7.78. The molecule has 1 aliphatic rings. The van der Waals surface area contributed by atoms with Crippen LogP contribution < -0.4 is 16.0 Å². The van der Waals surface area contributed by atoms with Crippen molar-refractivity contribution in [1.82, 2.24) is 20.6 Å². The first-order valence-corrected chi connectivity index (χ1v) is 16.6. The number of aromatic nitrogens is 2. The highest BCUT2D eigenvalue weighted by molar-refractivity contribution is 7.99. The van der Waals surface area contributed by atoms with Crippen molar-refractivity contribution in [1.29, 1.82) is 0 Å². The van der Waals surface area contributed by atoms with Gasteiger partial charge in [-0.3, -0.25) is 9.78 Å². The van der Waals surface area contributed by atoms with Crippen molar-refractivity contribution in [3.05, 3.63) is 119 Å². The number of amides is 2. The Morgan fingerprint density at radius 3 is 2.33 bits per heavy atom. The van der Waals surface area contributed by atoms with Crippen LogP contribution in [0.5, 0.6) is 0 Å². The van der Waals surface area contributed by atoms with E-state index in [-0.39, 0.29) is 24.0 Å². The van der Waals surface area contributed by atoms with E-state index >= 15 is 0 Å². The molecule has 240 valence electrons. The molecule has 11 heteroatoms. The Morgan fingerprint density at radius 2 is 1.63 bits per heavy atom. The quantitative estimate of drug-likeness (QED) is 0.148. The molecule has 3 N–H and O–H groups in total. The Morgan fingerprint density at radius 1 is 0.957 bits per heavy atom. The third kappa shape index (κ3) is 9.53. The number of morpholine rings is 1. The summed E-state index contributed by atoms with van der Waals surface area (Å²) in [4.78, 5) is 35.1. The second kappa shape index (κ2) is 17.1. The van der Waals surface area contributed by atoms with Crippen LogP contribution in [0.25, 0.3) is 0 Å². The van der Waals surface area contributed by atoms with Gasteiger partial charge < -0.3 is 25.4 Å². The van der Waals surface area contributed by atoms with Crippen LogP contribution >= 0.6 is 23.4 Å². The number of nitrogens with one attached hydrogen (secondary N) is 3. The Kier molecular flexibility index (Phi) is 12.4. The number of carbonyl (C=O) groups is 2. The maximum absolute atomic E-state index is 13.8. The lowest BCUT2D eigenvalue weighted by atomic mass is 9.85. The van der Waals surface area contributed by atoms with Crippen molar-refractivity contribution >= 4 is 41.1 Å². The Balaban J connectivity index is 1.24. The summed E-state index contributed by atoms with van der Waals surface area (Å²) in [5, 5.41) is 10.7. The molecule has 1 saturated heterocycles. The van der Waals surface area contributed by atoms with E-state index in [1.165, 1.54) is 7.11 Å². The van der Waals surface area contributed by atoms with Crippen LogP contribution in [0.1, 0.15) is 35.6 Å². The van der Waals surface area contributed by atoms with E-state index in [0.717, 1.165) is 40.7 Å². The van der Waals surface area contributed by atoms with Gasteiger partial charge in [-0.2, -0.15) is 0 Å². The smallest absolute Gasteiger partial charge is 0.407 e. The topological polar surface area (TPSA) is 114 Å². The number of rotatable bonds is 13. The summed E-state index contributed by atoms with van der Waals surface area (Å²) in [6.45, 7) is 1.48. The number of anilines is 1. The Labute approximate surface area is 278 Å². The number of thioether (sulfide) groups is 1. The zero-order valence-electron chi connectivity index (χ0n) is 25.6. The number of benzene rings is 2. The summed E-state index contributed by atoms with van der Waals surface area (Å²) in [5.41, 5.74) is 3.43. The first-order chi connectivity index (χ1) is 22.5. The van der Waals surface area contributed by atoms with Gasteiger partial charge in [-0.25, -0.2) is 9.78 Å². The van der Waals surface area contributed by atoms with Crippen molar-refractivity contribution in [3.63, 3.8) is 0 Å². The second-order valence-corrected chi connectivity index (χ2v) is 12.4. The van der Waals surface area contributed by atoms with Crippen LogP contribution in [0.2, 0.25) is 5.02 Å². The maximum Gasteiger partial charge on any atom is 0.407 e. The van der Waals surface area contributed by atoms with Crippen LogP contribution in [-0.2, 0) is 20.7 Å². The molecule has 0 spiro atoms. The number of hydrogen-bond acceptors (Lipinski definition) is 8. The lowest BCUT2D eigenvalue weighted by Crippen LogP contribution is -2.46. The number of alkyl carbamates (subject to hydrolysis) is 1. The number of nitrogens with zero attached hydrogens (tertiary/aromatic N) is 2. The summed E-state index contributed by atoms with van der Waals surface area (Å²) in [7, 11) is 1.29. The molecule has 0 saturated carbocycles. The van der Waals surface area contributed by atoms with Crippen molar-refractivity contribution < 1.29 is 19.1 Å². The van der Waals surface area contributed by atoms with Gasteiger partial charge in [-0.15, -0.1) is 11.8 Å². The van der Waals surface area contributed by atoms with E-state index in [4.69, 9.17) is 21.1 Å². The fourth-order valence-electron chi connectivity index (χ4n) is 5.46. The molecule has 3 heterocycles. The molecule has 46 heavy (non-hydrogen) atoms. The van der Waals surface area contributed by atoms with Crippen LogP contribution in [0, 0.1) is 0 Å². The minimum absolute atomic E-state index is 0.0112. The zero-order valence-corrected chi connectivity index (χ0v) is 27.2. The van der Waals surface area contributed by atoms with Crippen molar-refractivity contribution in [2.45, 2.75) is 48.5 Å². The van der Waals surface area contributed by atoms with Crippen molar-refractivity contribution in [3.8, 4) is 0 Å². The number of ether oxygens (including phenoxy) is 2. The highest BCUT2D eigenvalue weighted by Crippen LogP contribution is 2.30. The van der Waals surface area contributed by atoms with Gasteiger partial charge in [0.1, 0.15) is 11.1 Å². The standard InChI is InChI=1S/C35H38ClN5O4S/c1-44-35(43)41-32(20-28(24-10-4-2-5-11-24)25-12-6-3-7-13-25)33(42)40-31-15-9-18-38-30(31)17-16-26-21-37-22-27(45-26)23-46-34-29(36)14-8-19-39-34/h2-15,18-19,26-28,32,37H,16-17,20-23H2,1H3,(H,40,42)(H,41,43)/t26-,27+,32+/m1/s1. The highest BCUT2D eigenvalue weighted by atomic mass is 35.5. The molecule has 2 aromatic heterocycles. The molecule has 5 rings (SSSR count). The van der Waals surface area contributed by atoms with E-state index in [1.807, 2.05) is 78.9 Å². The van der Waals surface area contributed by atoms with Gasteiger partial charge in [0.2, 0.25) is 5.91 Å². The third-order valence-corrected chi connectivity index (χ3v) is 9.33. The molecular formula is C35H38ClN5O4S. The summed E-state index contributed by atoms with van der Waals surface area (Å²) >= 11 is 7.85. The highest BCUT2D eigenvalue weighted by Gasteiger charge is 2.28. The largest absolute Gasteiger partial charge is 0.453 e. The van der Waals surface area contributed by atoms with E-state index < -0.39 is 12.1 Å². The molecule has 2 aromatic carbocycles. The van der Waals surface area contributed by atoms with Crippen molar-refractivity contribution in [2.24, 2.45) is 0 Å². The number of methoxy groups -OCH3 is 1. The average Bonchev–Trinajstić information content (AvgIpc) is 3.10. The van der Waals surface area contributed by atoms with Crippen LogP contribution in [0.4, 0.5) is 10.5 Å². The van der Waals surface area contributed by atoms with Gasteiger partial charge >= 0.3 is 6.09 Å². The first kappa shape index (κ1) is 33.4. The van der Waals surface area contributed by atoms with Crippen LogP contribution in [0.15, 0.2) is 102 Å². The molecule has 4 aromatic rings. The first-order valence-electron chi connectivity index (χ1n) is 15.3. The van der Waals surface area contributed by atoms with Crippen molar-refractivity contribution in [2.75, 3.05) is 31.3 Å². The molecule has 0 radical (unpaired) electrons. The van der Waals surface area contributed by atoms with Crippen LogP contribution in [-0.4, -0.2) is 66.2 Å². The van der Waals surface area contributed by atoms with Gasteiger partial charge in [-0.05, 0) is 54.7 Å². The van der Waals surface area contributed by atoms with Gasteiger partial charge in [0.25, 0.3) is 0 Å². The van der Waals surface area contributed by atoms with Gasteiger partial charge in [-0.1, -0.05) is 72.3 Å². The minimum Gasteiger partial charge on any atom is -0.453 e. The van der Waals surface area contributed by atoms with Gasteiger partial charge in [0, 0.05) is 37.2 Å². The normalized spacial score (nSPS) is 16.8. The second-order valence-electron chi connectivity index (χ2n) is 11.0. The fraction of sp³-hybridized carbons (Fsp3) is 0.314. The summed E-state index contributed by atoms with van der Waals surface area (Å²) in [6, 6.07) is 26.3. The summed E-state index contributed by atoms with van der Waals surface area (Å²) in [5.74, 6) is 0.240. The SMILES string of the molecule is COC(=O)N[C@@H](CC(c1ccccc1)c1ccccc1)C(=O)Nc1cccnc1CC[C@@H]1CNC[C@@H](CSc2ncccc2Cl)O1. The molecule has 1 aliphatic heterocycles. The van der Waals surface area contributed by atoms with Gasteiger partial charge in [0.15, 0.2) is 0 Å².